The van der Waals surface area contributed by atoms with Gasteiger partial charge >= 0.3 is 107 Å². The molecule has 0 unspecified atom stereocenters. The molecule has 23 heavy (non-hydrogen) atoms. The average Bonchev–Trinajstić information content (AvgIpc) is 2.50. The van der Waals surface area contributed by atoms with E-state index in [9.17, 15) is 9.59 Å². The molecule has 136 valence electrons. The van der Waals surface area contributed by atoms with Gasteiger partial charge in [0.1, 0.15) is 0 Å². The monoisotopic (exact) mass is 436 g/mol. The summed E-state index contributed by atoms with van der Waals surface area (Å²) in [4.78, 5) is 19.8. The quantitative estimate of drug-likeness (QED) is 0.267. The molecular weight excluding hydrogens is 399 g/mol. The van der Waals surface area contributed by atoms with Gasteiger partial charge in [-0.3, -0.25) is 9.59 Å². The number of aliphatic carboxylic acids is 2. The maximum Gasteiger partial charge on any atom is 0.303 e. The fourth-order valence-corrected chi connectivity index (χ4v) is 5.60. The number of rotatable bonds is 15. The van der Waals surface area contributed by atoms with Gasteiger partial charge in [-0.05, 0) is 12.8 Å². The maximum absolute atomic E-state index is 9.90. The van der Waals surface area contributed by atoms with Crippen molar-refractivity contribution in [3.63, 3.8) is 0 Å². The number of hydrogen-bond acceptors (Lipinski definition) is 2. The first kappa shape index (κ1) is 25.0. The molecule has 0 spiro atoms. The molecule has 2 radical (unpaired) electrons. The third kappa shape index (κ3) is 30.2. The number of carbonyl (C=O) groups is 2. The van der Waals surface area contributed by atoms with Crippen LogP contribution in [0.5, 0.6) is 0 Å². The van der Waals surface area contributed by atoms with Crippen LogP contribution in [0.25, 0.3) is 0 Å². The summed E-state index contributed by atoms with van der Waals surface area (Å²) in [5.41, 5.74) is 0. The second kappa shape index (κ2) is 21.7. The van der Waals surface area contributed by atoms with E-state index in [2.05, 4.69) is 13.8 Å². The Kier molecular flexibility index (Phi) is 23.6. The van der Waals surface area contributed by atoms with E-state index < -0.39 is 11.9 Å². The molecule has 0 aliphatic carbocycles. The predicted octanol–water partition coefficient (Wildman–Crippen LogP) is 5.40. The zero-order valence-corrected chi connectivity index (χ0v) is 18.0. The van der Waals surface area contributed by atoms with Crippen molar-refractivity contribution in [2.75, 3.05) is 0 Å². The molecule has 0 heterocycles. The Morgan fingerprint density at radius 3 is 1.35 bits per heavy atom. The molecule has 0 amide bonds. The van der Waals surface area contributed by atoms with Gasteiger partial charge in [0.15, 0.2) is 0 Å². The van der Waals surface area contributed by atoms with Crippen molar-refractivity contribution in [3.05, 3.63) is 0 Å². The van der Waals surface area contributed by atoms with E-state index in [4.69, 9.17) is 10.2 Å². The van der Waals surface area contributed by atoms with E-state index >= 15 is 0 Å². The maximum atomic E-state index is 9.90. The van der Waals surface area contributed by atoms with Crippen molar-refractivity contribution in [1.29, 1.82) is 0 Å². The third-order valence-corrected chi connectivity index (χ3v) is 7.48. The second-order valence-corrected chi connectivity index (χ2v) is 10.1. The van der Waals surface area contributed by atoms with Crippen molar-refractivity contribution >= 4 is 33.1 Å². The van der Waals surface area contributed by atoms with Gasteiger partial charge in [0.25, 0.3) is 0 Å². The van der Waals surface area contributed by atoms with Gasteiger partial charge in [0.05, 0.1) is 0 Å². The van der Waals surface area contributed by atoms with E-state index in [1.54, 1.807) is 21.7 Å². The SMILES string of the molecule is CCCCC[CH2][Sn][CH2]CCCCC.O=C(O)CCCCC(=O)O. The van der Waals surface area contributed by atoms with Crippen LogP contribution >= 0.6 is 0 Å². The smallest absolute Gasteiger partial charge is 0.303 e. The number of unbranched alkanes of at least 4 members (excludes halogenated alkanes) is 7. The van der Waals surface area contributed by atoms with Crippen molar-refractivity contribution in [2.45, 2.75) is 99.8 Å². The minimum Gasteiger partial charge on any atom is -0.481 e. The van der Waals surface area contributed by atoms with Crippen molar-refractivity contribution < 1.29 is 19.8 Å². The van der Waals surface area contributed by atoms with Gasteiger partial charge in [-0.2, -0.15) is 0 Å². The van der Waals surface area contributed by atoms with Crippen molar-refractivity contribution in [3.8, 4) is 0 Å². The molecule has 0 aliphatic heterocycles. The molecule has 0 fully saturated rings. The first-order valence-electron chi connectivity index (χ1n) is 9.18. The first-order valence-corrected chi connectivity index (χ1v) is 13.2. The Labute approximate surface area is 152 Å². The van der Waals surface area contributed by atoms with Gasteiger partial charge < -0.3 is 10.2 Å². The molecule has 0 aromatic rings. The fraction of sp³-hybridized carbons (Fsp3) is 0.889. The van der Waals surface area contributed by atoms with Gasteiger partial charge in [-0.15, -0.1) is 0 Å². The molecule has 0 saturated heterocycles. The number of carboxylic acid groups (broad SMARTS) is 2. The Hall–Kier alpha value is -0.261. The van der Waals surface area contributed by atoms with E-state index in [-0.39, 0.29) is 34.0 Å². The summed E-state index contributed by atoms with van der Waals surface area (Å²) in [6.07, 6.45) is 12.8. The van der Waals surface area contributed by atoms with E-state index in [0.717, 1.165) is 0 Å². The summed E-state index contributed by atoms with van der Waals surface area (Å²) in [5.74, 6) is -1.74. The van der Waals surface area contributed by atoms with Crippen LogP contribution in [-0.4, -0.2) is 43.3 Å². The van der Waals surface area contributed by atoms with E-state index in [1.807, 2.05) is 0 Å². The molecule has 0 atom stereocenters. The van der Waals surface area contributed by atoms with Gasteiger partial charge in [-0.25, -0.2) is 0 Å². The Bertz CT molecular complexity index is 244. The topological polar surface area (TPSA) is 74.6 Å². The van der Waals surface area contributed by atoms with Crippen LogP contribution in [0.1, 0.15) is 90.9 Å². The third-order valence-electron chi connectivity index (χ3n) is 3.45. The summed E-state index contributed by atoms with van der Waals surface area (Å²) in [6, 6.07) is 0. The largest absolute Gasteiger partial charge is 0.481 e. The van der Waals surface area contributed by atoms with Crippen LogP contribution in [0.3, 0.4) is 0 Å². The van der Waals surface area contributed by atoms with Crippen LogP contribution in [0.15, 0.2) is 0 Å². The Morgan fingerprint density at radius 1 is 0.652 bits per heavy atom. The molecule has 4 nitrogen and oxygen atoms in total. The number of carboxylic acids is 2. The Balaban J connectivity index is 0. The summed E-state index contributed by atoms with van der Waals surface area (Å²) in [6.45, 7) is 4.59. The van der Waals surface area contributed by atoms with Crippen LogP contribution in [0, 0.1) is 0 Å². The van der Waals surface area contributed by atoms with E-state index in [0.29, 0.717) is 12.8 Å². The standard InChI is InChI=1S/C6H10O4.2C6H13.Sn/c7-5(8)3-1-2-4-6(9)10;2*1-3-5-6-4-2;/h1-4H2,(H,7,8)(H,9,10);2*1,3-6H2,2H3;. The summed E-state index contributed by atoms with van der Waals surface area (Å²) in [7, 11) is 0. The normalized spacial score (nSPS) is 10.0. The van der Waals surface area contributed by atoms with Crippen molar-refractivity contribution in [1.82, 2.24) is 0 Å². The first-order chi connectivity index (χ1) is 11.0. The minimum atomic E-state index is -0.870. The van der Waals surface area contributed by atoms with Gasteiger partial charge in [0, 0.05) is 12.8 Å². The van der Waals surface area contributed by atoms with Gasteiger partial charge in [0.2, 0.25) is 0 Å². The molecule has 0 aliphatic rings. The molecule has 5 heteroatoms. The second-order valence-electron chi connectivity index (χ2n) is 5.87. The summed E-state index contributed by atoms with van der Waals surface area (Å²) in [5, 5.41) is 16.3. The fourth-order valence-electron chi connectivity index (χ4n) is 2.03. The summed E-state index contributed by atoms with van der Waals surface area (Å²) >= 11 is 0.104. The van der Waals surface area contributed by atoms with Crippen LogP contribution in [0.4, 0.5) is 0 Å². The molecule has 2 N–H and O–H groups in total. The summed E-state index contributed by atoms with van der Waals surface area (Å²) < 4.78 is 3.30. The number of hydrogen-bond donors (Lipinski definition) is 2. The minimum absolute atomic E-state index is 0.0628. The van der Waals surface area contributed by atoms with Crippen LogP contribution in [0.2, 0.25) is 8.87 Å². The molecule has 0 rings (SSSR count). The van der Waals surface area contributed by atoms with Crippen LogP contribution in [-0.2, 0) is 9.59 Å². The van der Waals surface area contributed by atoms with Crippen molar-refractivity contribution in [2.24, 2.45) is 0 Å². The molecule has 0 bridgehead atoms. The molecular formula is C18H36O4Sn. The van der Waals surface area contributed by atoms with E-state index in [1.165, 1.54) is 38.5 Å². The molecule has 0 saturated carbocycles. The zero-order valence-electron chi connectivity index (χ0n) is 15.1. The van der Waals surface area contributed by atoms with Gasteiger partial charge in [-0.1, -0.05) is 0 Å². The zero-order chi connectivity index (χ0) is 17.8. The predicted molar refractivity (Wildman–Crippen MR) is 97.4 cm³/mol. The molecule has 0 aromatic carbocycles. The average molecular weight is 435 g/mol. The Morgan fingerprint density at radius 2 is 1.04 bits per heavy atom. The molecule has 0 aromatic heterocycles. The van der Waals surface area contributed by atoms with Crippen LogP contribution < -0.4 is 0 Å².